The normalized spacial score (nSPS) is 24.1. The molecule has 1 aliphatic heterocycles. The summed E-state index contributed by atoms with van der Waals surface area (Å²) in [5.74, 6) is -1.43. The first-order chi connectivity index (χ1) is 16.4. The Morgan fingerprint density at radius 2 is 1.89 bits per heavy atom. The van der Waals surface area contributed by atoms with E-state index >= 15 is 0 Å². The third kappa shape index (κ3) is 7.09. The number of ether oxygens (including phenoxy) is 2. The number of hydrogen-bond donors (Lipinski definition) is 1. The number of nitrogens with zero attached hydrogens (tertiary/aromatic N) is 2. The number of alkyl halides is 3. The van der Waals surface area contributed by atoms with Crippen LogP contribution in [0.5, 0.6) is 5.75 Å². The Morgan fingerprint density at radius 3 is 2.49 bits per heavy atom. The summed E-state index contributed by atoms with van der Waals surface area (Å²) in [5.41, 5.74) is 0.137. The first-order valence-corrected chi connectivity index (χ1v) is 11.6. The molecule has 0 saturated heterocycles. The summed E-state index contributed by atoms with van der Waals surface area (Å²) in [6.45, 7) is 4.63. The van der Waals surface area contributed by atoms with Gasteiger partial charge in [-0.05, 0) is 38.0 Å². The van der Waals surface area contributed by atoms with E-state index in [1.165, 1.54) is 23.1 Å². The lowest BCUT2D eigenvalue weighted by Crippen LogP contribution is -2.49. The molecule has 0 unspecified atom stereocenters. The van der Waals surface area contributed by atoms with Crippen molar-refractivity contribution >= 4 is 23.4 Å². The summed E-state index contributed by atoms with van der Waals surface area (Å²) in [4.78, 5) is 41.3. The van der Waals surface area contributed by atoms with Crippen molar-refractivity contribution in [3.05, 3.63) is 23.8 Å². The molecule has 0 radical (unpaired) electrons. The molecule has 1 aromatic carbocycles. The average molecular weight is 500 g/mol. The molecule has 8 nitrogen and oxygen atoms in total. The van der Waals surface area contributed by atoms with Gasteiger partial charge in [0.15, 0.2) is 0 Å². The number of nitrogens with one attached hydrogen (secondary N) is 1. The molecule has 1 aliphatic carbocycles. The van der Waals surface area contributed by atoms with Crippen LogP contribution >= 0.6 is 0 Å². The zero-order chi connectivity index (χ0) is 25.9. The van der Waals surface area contributed by atoms with Gasteiger partial charge in [0, 0.05) is 44.8 Å². The predicted octanol–water partition coefficient (Wildman–Crippen LogP) is 3.32. The van der Waals surface area contributed by atoms with Crippen molar-refractivity contribution in [3.8, 4) is 5.75 Å². The van der Waals surface area contributed by atoms with E-state index in [-0.39, 0.29) is 60.0 Å². The van der Waals surface area contributed by atoms with E-state index in [1.807, 2.05) is 18.7 Å². The maximum absolute atomic E-state index is 13.3. The molecular weight excluding hydrogens is 467 g/mol. The molecule has 1 fully saturated rings. The minimum absolute atomic E-state index is 0.0259. The number of benzene rings is 1. The molecule has 0 spiro atoms. The van der Waals surface area contributed by atoms with E-state index in [9.17, 15) is 27.6 Å². The third-order valence-corrected chi connectivity index (χ3v) is 6.30. The Balaban J connectivity index is 1.91. The van der Waals surface area contributed by atoms with Crippen LogP contribution in [0.2, 0.25) is 0 Å². The Hall–Kier alpha value is -2.82. The molecule has 1 aromatic rings. The number of amides is 3. The van der Waals surface area contributed by atoms with E-state index in [0.29, 0.717) is 6.54 Å². The number of rotatable bonds is 4. The van der Waals surface area contributed by atoms with Crippen molar-refractivity contribution in [1.82, 2.24) is 9.80 Å². The van der Waals surface area contributed by atoms with Gasteiger partial charge >= 0.3 is 6.18 Å². The van der Waals surface area contributed by atoms with Crippen LogP contribution in [0, 0.1) is 11.8 Å². The van der Waals surface area contributed by atoms with Gasteiger partial charge in [-0.25, -0.2) is 0 Å². The molecule has 1 saturated carbocycles. The smallest absolute Gasteiger partial charge is 0.397 e. The van der Waals surface area contributed by atoms with Gasteiger partial charge in [-0.15, -0.1) is 0 Å². The van der Waals surface area contributed by atoms with Crippen molar-refractivity contribution in [3.63, 3.8) is 0 Å². The average Bonchev–Trinajstić information content (AvgIpc) is 3.62. The molecule has 11 heteroatoms. The van der Waals surface area contributed by atoms with Crippen molar-refractivity contribution in [1.29, 1.82) is 0 Å². The van der Waals surface area contributed by atoms with Gasteiger partial charge in [-0.2, -0.15) is 13.2 Å². The first kappa shape index (κ1) is 26.8. The lowest BCUT2D eigenvalue weighted by atomic mass is 10.0. The fraction of sp³-hybridized carbons (Fsp3) is 0.625. The third-order valence-electron chi connectivity index (χ3n) is 6.30. The first-order valence-electron chi connectivity index (χ1n) is 11.6. The van der Waals surface area contributed by atoms with Crippen LogP contribution in [0.1, 0.15) is 43.5 Å². The van der Waals surface area contributed by atoms with Crippen LogP contribution in [0.4, 0.5) is 18.9 Å². The summed E-state index contributed by atoms with van der Waals surface area (Å²) < 4.78 is 49.2. The largest absolute Gasteiger partial charge is 0.491 e. The molecule has 0 bridgehead atoms. The number of likely N-dealkylation sites (N-methyl/N-ethyl adjacent to an activating group) is 1. The Kier molecular flexibility index (Phi) is 8.30. The van der Waals surface area contributed by atoms with E-state index in [2.05, 4.69) is 5.32 Å². The van der Waals surface area contributed by atoms with Gasteiger partial charge in [0.1, 0.15) is 18.8 Å². The fourth-order valence-electron chi connectivity index (χ4n) is 4.11. The fourth-order valence-corrected chi connectivity index (χ4v) is 4.11. The summed E-state index contributed by atoms with van der Waals surface area (Å²) in [6.07, 6.45) is -4.90. The number of carbonyl (C=O) groups excluding carboxylic acids is 3. The monoisotopic (exact) mass is 499 g/mol. The van der Waals surface area contributed by atoms with Gasteiger partial charge in [0.2, 0.25) is 11.8 Å². The van der Waals surface area contributed by atoms with Gasteiger partial charge < -0.3 is 24.6 Å². The SMILES string of the molecule is CO[C@@H]1CN(C)C(=O)c2cc(NC(=O)CC(F)(F)F)ccc2OC[C@@H](C)N(C(=O)C2CC2)C[C@H]1C. The standard InChI is InChI=1S/C24H32F3N3O5/c1-14-11-30(22(32)16-5-6-16)15(2)13-35-19-8-7-17(28-21(31)10-24(25,26)27)9-18(19)23(33)29(3)12-20(14)34-4/h7-9,14-16,20H,5-6,10-13H2,1-4H3,(H,28,31)/t14-,15-,20-/m1/s1. The zero-order valence-electron chi connectivity index (χ0n) is 20.4. The minimum Gasteiger partial charge on any atom is -0.491 e. The number of fused-ring (bicyclic) bond motifs is 1. The van der Waals surface area contributed by atoms with Crippen LogP contribution in [0.3, 0.4) is 0 Å². The maximum atomic E-state index is 13.3. The van der Waals surface area contributed by atoms with Crippen LogP contribution in [-0.2, 0) is 14.3 Å². The van der Waals surface area contributed by atoms with Gasteiger partial charge in [-0.3, -0.25) is 14.4 Å². The predicted molar refractivity (Wildman–Crippen MR) is 122 cm³/mol. The lowest BCUT2D eigenvalue weighted by Gasteiger charge is -2.36. The summed E-state index contributed by atoms with van der Waals surface area (Å²) in [5, 5.41) is 2.18. The van der Waals surface area contributed by atoms with Crippen molar-refractivity contribution in [2.45, 2.75) is 51.4 Å². The molecule has 3 atom stereocenters. The Bertz CT molecular complexity index is 951. The molecular formula is C24H32F3N3O5. The number of halogens is 3. The molecule has 1 N–H and O–H groups in total. The van der Waals surface area contributed by atoms with Crippen molar-refractivity contribution in [2.24, 2.45) is 11.8 Å². The highest BCUT2D eigenvalue weighted by molar-refractivity contribution is 5.99. The van der Waals surface area contributed by atoms with Crippen molar-refractivity contribution in [2.75, 3.05) is 39.2 Å². The molecule has 1 heterocycles. The lowest BCUT2D eigenvalue weighted by molar-refractivity contribution is -0.150. The Labute approximate surface area is 202 Å². The molecule has 2 aliphatic rings. The molecule has 35 heavy (non-hydrogen) atoms. The van der Waals surface area contributed by atoms with Gasteiger partial charge in [0.05, 0.1) is 17.7 Å². The number of hydrogen-bond acceptors (Lipinski definition) is 5. The highest BCUT2D eigenvalue weighted by atomic mass is 19.4. The summed E-state index contributed by atoms with van der Waals surface area (Å²) in [6, 6.07) is 3.84. The summed E-state index contributed by atoms with van der Waals surface area (Å²) >= 11 is 0. The second kappa shape index (κ2) is 10.8. The molecule has 3 amide bonds. The van der Waals surface area contributed by atoms with Crippen molar-refractivity contribution < 1.29 is 37.0 Å². The number of anilines is 1. The highest BCUT2D eigenvalue weighted by Gasteiger charge is 2.37. The van der Waals surface area contributed by atoms with E-state index in [1.54, 1.807) is 14.2 Å². The summed E-state index contributed by atoms with van der Waals surface area (Å²) in [7, 11) is 3.13. The zero-order valence-corrected chi connectivity index (χ0v) is 20.4. The van der Waals surface area contributed by atoms with E-state index in [0.717, 1.165) is 12.8 Å². The second-order valence-electron chi connectivity index (χ2n) is 9.41. The van der Waals surface area contributed by atoms with E-state index < -0.39 is 24.4 Å². The molecule has 3 rings (SSSR count). The second-order valence-corrected chi connectivity index (χ2v) is 9.41. The van der Waals surface area contributed by atoms with Crippen LogP contribution in [-0.4, -0.2) is 79.7 Å². The molecule has 194 valence electrons. The molecule has 0 aromatic heterocycles. The van der Waals surface area contributed by atoms with Gasteiger partial charge in [0.25, 0.3) is 5.91 Å². The van der Waals surface area contributed by atoms with E-state index in [4.69, 9.17) is 9.47 Å². The van der Waals surface area contributed by atoms with Crippen LogP contribution < -0.4 is 10.1 Å². The quantitative estimate of drug-likeness (QED) is 0.687. The van der Waals surface area contributed by atoms with Crippen LogP contribution in [0.15, 0.2) is 18.2 Å². The number of carbonyl (C=O) groups is 3. The van der Waals surface area contributed by atoms with Gasteiger partial charge in [-0.1, -0.05) is 6.92 Å². The van der Waals surface area contributed by atoms with Crippen LogP contribution in [0.25, 0.3) is 0 Å². The number of methoxy groups -OCH3 is 1. The highest BCUT2D eigenvalue weighted by Crippen LogP contribution is 2.33. The minimum atomic E-state index is -4.65. The Morgan fingerprint density at radius 1 is 1.20 bits per heavy atom. The topological polar surface area (TPSA) is 88.2 Å². The maximum Gasteiger partial charge on any atom is 0.397 e.